The third-order valence-electron chi connectivity index (χ3n) is 2.39. The van der Waals surface area contributed by atoms with E-state index in [9.17, 15) is 16.8 Å². The van der Waals surface area contributed by atoms with Crippen molar-refractivity contribution in [1.29, 1.82) is 0 Å². The van der Waals surface area contributed by atoms with Crippen LogP contribution in [0.1, 0.15) is 26.2 Å². The van der Waals surface area contributed by atoms with E-state index in [1.807, 2.05) is 6.92 Å². The molecule has 0 N–H and O–H groups in total. The average Bonchev–Trinajstić information content (AvgIpc) is 2.30. The summed E-state index contributed by atoms with van der Waals surface area (Å²) < 4.78 is 64.3. The fourth-order valence-electron chi connectivity index (χ4n) is 1.65. The first kappa shape index (κ1) is 20.7. The van der Waals surface area contributed by atoms with Crippen LogP contribution in [0.5, 0.6) is 0 Å². The number of hydrogen-bond donors (Lipinski definition) is 0. The van der Waals surface area contributed by atoms with Crippen LogP contribution in [0.15, 0.2) is 0 Å². The van der Waals surface area contributed by atoms with Crippen LogP contribution in [-0.4, -0.2) is 62.1 Å². The van der Waals surface area contributed by atoms with E-state index in [1.54, 1.807) is 0 Å². The minimum atomic E-state index is -3.65. The summed E-state index contributed by atoms with van der Waals surface area (Å²) in [6.45, 7) is 1.69. The third-order valence-corrected chi connectivity index (χ3v) is 3.58. The Bertz CT molecular complexity index is 470. The van der Waals surface area contributed by atoms with E-state index < -0.39 is 32.4 Å². The van der Waals surface area contributed by atoms with Crippen molar-refractivity contribution >= 4 is 20.2 Å². The lowest BCUT2D eigenvalue weighted by Gasteiger charge is -2.25. The van der Waals surface area contributed by atoms with Crippen molar-refractivity contribution < 1.29 is 34.7 Å². The Balaban J connectivity index is 4.78. The monoisotopic (exact) mass is 348 g/mol. The highest BCUT2D eigenvalue weighted by molar-refractivity contribution is 7.86. The van der Waals surface area contributed by atoms with E-state index in [2.05, 4.69) is 4.18 Å². The largest absolute Gasteiger partial charge is 0.359 e. The molecule has 0 spiro atoms. The van der Waals surface area contributed by atoms with Gasteiger partial charge in [-0.05, 0) is 6.42 Å². The van der Waals surface area contributed by atoms with Gasteiger partial charge in [0.15, 0.2) is 0 Å². The zero-order valence-electron chi connectivity index (χ0n) is 12.8. The van der Waals surface area contributed by atoms with Crippen molar-refractivity contribution in [3.63, 3.8) is 0 Å². The first-order valence-electron chi connectivity index (χ1n) is 6.42. The first-order valence-corrected chi connectivity index (χ1v) is 10.1. The molecule has 0 fully saturated rings. The van der Waals surface area contributed by atoms with Gasteiger partial charge >= 0.3 is 0 Å². The molecule has 0 rings (SSSR count). The van der Waals surface area contributed by atoms with Gasteiger partial charge in [-0.2, -0.15) is 16.8 Å². The molecule has 2 atom stereocenters. The highest BCUT2D eigenvalue weighted by atomic mass is 32.2. The van der Waals surface area contributed by atoms with Gasteiger partial charge in [0.2, 0.25) is 0 Å². The van der Waals surface area contributed by atoms with Gasteiger partial charge in [-0.25, -0.2) is 0 Å². The van der Waals surface area contributed by atoms with Gasteiger partial charge in [0.25, 0.3) is 20.2 Å². The predicted molar refractivity (Wildman–Crippen MR) is 76.8 cm³/mol. The Hall–Kier alpha value is -0.260. The van der Waals surface area contributed by atoms with Crippen molar-refractivity contribution in [3.8, 4) is 0 Å². The van der Waals surface area contributed by atoms with Crippen LogP contribution >= 0.6 is 0 Å². The minimum Gasteiger partial charge on any atom is -0.359 e. The molecule has 0 amide bonds. The second-order valence-electron chi connectivity index (χ2n) is 4.55. The van der Waals surface area contributed by atoms with E-state index in [-0.39, 0.29) is 19.8 Å². The van der Waals surface area contributed by atoms with Crippen LogP contribution in [0.3, 0.4) is 0 Å². The van der Waals surface area contributed by atoms with Crippen LogP contribution in [-0.2, 0) is 38.1 Å². The van der Waals surface area contributed by atoms with E-state index >= 15 is 0 Å². The molecule has 0 bridgehead atoms. The Labute approximate surface area is 127 Å². The highest BCUT2D eigenvalue weighted by Crippen LogP contribution is 2.17. The lowest BCUT2D eigenvalue weighted by molar-refractivity contribution is -0.111. The number of rotatable bonds is 12. The number of methoxy groups -OCH3 is 1. The van der Waals surface area contributed by atoms with Crippen LogP contribution in [0.2, 0.25) is 0 Å². The molecule has 0 saturated carbocycles. The maximum absolute atomic E-state index is 11.3. The fourth-order valence-corrected chi connectivity index (χ4v) is 2.72. The molecule has 0 radical (unpaired) electrons. The zero-order valence-corrected chi connectivity index (χ0v) is 14.4. The zero-order chi connectivity index (χ0) is 16.5. The van der Waals surface area contributed by atoms with Gasteiger partial charge in [-0.15, -0.1) is 0 Å². The molecule has 10 heteroatoms. The quantitative estimate of drug-likeness (QED) is 0.370. The summed E-state index contributed by atoms with van der Waals surface area (Å²) in [6.07, 6.45) is 1.81. The molecule has 0 unspecified atom stereocenters. The highest BCUT2D eigenvalue weighted by Gasteiger charge is 2.26. The molecule has 0 aliphatic rings. The van der Waals surface area contributed by atoms with E-state index in [0.717, 1.165) is 12.5 Å². The molecule has 0 aromatic heterocycles. The van der Waals surface area contributed by atoms with E-state index in [4.69, 9.17) is 13.7 Å². The number of ether oxygens (including phenoxy) is 2. The molecule has 0 saturated heterocycles. The van der Waals surface area contributed by atoms with Gasteiger partial charge < -0.3 is 9.47 Å². The molecular formula is C11H24O8S2. The van der Waals surface area contributed by atoms with E-state index in [0.29, 0.717) is 12.8 Å². The lowest BCUT2D eigenvalue weighted by Crippen LogP contribution is -2.35. The van der Waals surface area contributed by atoms with Crippen molar-refractivity contribution in [2.24, 2.45) is 0 Å². The summed E-state index contributed by atoms with van der Waals surface area (Å²) in [4.78, 5) is 0. The minimum absolute atomic E-state index is 0.0587. The van der Waals surface area contributed by atoms with Crippen LogP contribution in [0.4, 0.5) is 0 Å². The van der Waals surface area contributed by atoms with Gasteiger partial charge in [-0.3, -0.25) is 8.37 Å². The van der Waals surface area contributed by atoms with Gasteiger partial charge in [0.1, 0.15) is 12.9 Å². The molecule has 0 aromatic carbocycles. The van der Waals surface area contributed by atoms with Crippen molar-refractivity contribution in [1.82, 2.24) is 0 Å². The summed E-state index contributed by atoms with van der Waals surface area (Å²) in [6, 6.07) is 0. The van der Waals surface area contributed by atoms with Gasteiger partial charge in [0, 0.05) is 13.5 Å². The fraction of sp³-hybridized carbons (Fsp3) is 1.00. The molecule has 8 nitrogen and oxygen atoms in total. The summed E-state index contributed by atoms with van der Waals surface area (Å²) >= 11 is 0. The molecule has 128 valence electrons. The first-order chi connectivity index (χ1) is 9.59. The smallest absolute Gasteiger partial charge is 0.264 e. The SMILES string of the molecule is CCC[C@H](OS(C)(=O)=O)[C@@H](CCOS(C)(=O)=O)OCOC. The molecule has 0 aromatic rings. The normalized spacial score (nSPS) is 15.8. The Kier molecular flexibility index (Phi) is 9.58. The summed E-state index contributed by atoms with van der Waals surface area (Å²) in [7, 11) is -5.78. The van der Waals surface area contributed by atoms with Crippen LogP contribution in [0.25, 0.3) is 0 Å². The molecule has 0 aliphatic heterocycles. The predicted octanol–water partition coefficient (Wildman–Crippen LogP) is 0.487. The van der Waals surface area contributed by atoms with Crippen LogP contribution in [0, 0.1) is 0 Å². The molecule has 0 aliphatic carbocycles. The standard InChI is InChI=1S/C11H24O8S2/c1-5-6-11(19-21(4,14)15)10(17-9-16-2)7-8-18-20(3,12)13/h10-11H,5-9H2,1-4H3/t10-,11+/m1/s1. The summed E-state index contributed by atoms with van der Waals surface area (Å²) in [5, 5.41) is 0. The maximum atomic E-state index is 11.3. The van der Waals surface area contributed by atoms with Gasteiger partial charge in [0.05, 0.1) is 25.2 Å². The van der Waals surface area contributed by atoms with Gasteiger partial charge in [-0.1, -0.05) is 13.3 Å². The Morgan fingerprint density at radius 3 is 2.00 bits per heavy atom. The third kappa shape index (κ3) is 12.0. The van der Waals surface area contributed by atoms with E-state index in [1.165, 1.54) is 7.11 Å². The van der Waals surface area contributed by atoms with Crippen molar-refractivity contribution in [3.05, 3.63) is 0 Å². The molecule has 0 heterocycles. The Morgan fingerprint density at radius 2 is 1.57 bits per heavy atom. The topological polar surface area (TPSA) is 105 Å². The lowest BCUT2D eigenvalue weighted by atomic mass is 10.1. The summed E-state index contributed by atoms with van der Waals surface area (Å²) in [5.74, 6) is 0. The maximum Gasteiger partial charge on any atom is 0.264 e. The second-order valence-corrected chi connectivity index (χ2v) is 7.80. The average molecular weight is 348 g/mol. The second kappa shape index (κ2) is 9.70. The van der Waals surface area contributed by atoms with Crippen molar-refractivity contribution in [2.75, 3.05) is 33.0 Å². The molecule has 21 heavy (non-hydrogen) atoms. The summed E-state index contributed by atoms with van der Waals surface area (Å²) in [5.41, 5.74) is 0. The Morgan fingerprint density at radius 1 is 0.952 bits per heavy atom. The number of hydrogen-bond acceptors (Lipinski definition) is 8. The van der Waals surface area contributed by atoms with Crippen LogP contribution < -0.4 is 0 Å². The molecular weight excluding hydrogens is 324 g/mol. The van der Waals surface area contributed by atoms with Crippen molar-refractivity contribution in [2.45, 2.75) is 38.4 Å².